The van der Waals surface area contributed by atoms with Crippen molar-refractivity contribution in [2.75, 3.05) is 13.2 Å². The van der Waals surface area contributed by atoms with Gasteiger partial charge >= 0.3 is 59.6 Å². The topological polar surface area (TPSA) is 61.8 Å². The summed E-state index contributed by atoms with van der Waals surface area (Å²) in [5, 5.41) is 0. The molecule has 22 heteroatoms. The second-order valence-electron chi connectivity index (χ2n) is 13.8. The number of carbonyl (C=O) groups is 2. The van der Waals surface area contributed by atoms with Crippen LogP contribution >= 0.6 is 0 Å². The first-order valence-electron chi connectivity index (χ1n) is 18.5. The molecule has 0 heterocycles. The van der Waals surface area contributed by atoms with Crippen molar-refractivity contribution in [3.8, 4) is 23.3 Å². The van der Waals surface area contributed by atoms with Crippen LogP contribution in [0.15, 0.2) is 72.8 Å². The third-order valence-electron chi connectivity index (χ3n) is 9.08. The molecule has 0 atom stereocenters. The van der Waals surface area contributed by atoms with Gasteiger partial charge in [-0.3, -0.25) is 0 Å². The zero-order chi connectivity index (χ0) is 47.7. The molecule has 0 radical (unpaired) electrons. The van der Waals surface area contributed by atoms with Gasteiger partial charge in [0, 0.05) is 11.1 Å². The Labute approximate surface area is 347 Å². The first kappa shape index (κ1) is 52.1. The molecule has 0 unspecified atom stereocenters. The lowest BCUT2D eigenvalue weighted by molar-refractivity contribution is -0.461. The Morgan fingerprint density at radius 2 is 0.857 bits per heavy atom. The molecule has 0 aromatic heterocycles. The van der Waals surface area contributed by atoms with Crippen molar-refractivity contribution in [2.45, 2.75) is 106 Å². The van der Waals surface area contributed by atoms with E-state index < -0.39 is 78.2 Å². The standard InChI is InChI=1S/C41H35F17O5/c1-2-3-4-5-6-7-8-24-61-30-19-13-27(14-20-30)10-9-26-11-15-29(16-12-26)33(60)63-31-21-17-28(18-22-31)32(59)62-25-23-34(42,43)35(44,45)36(46,47)37(48,49)38(50,51)39(52,53)40(54,55)41(56,57)58/h11-22H,2-8,23-25H2,1H3. The van der Waals surface area contributed by atoms with Gasteiger partial charge in [0.2, 0.25) is 0 Å². The summed E-state index contributed by atoms with van der Waals surface area (Å²) in [5.74, 6) is -53.7. The van der Waals surface area contributed by atoms with Crippen LogP contribution in [0, 0.1) is 11.8 Å². The van der Waals surface area contributed by atoms with Gasteiger partial charge < -0.3 is 14.2 Å². The molecule has 0 fully saturated rings. The molecule has 0 saturated heterocycles. The van der Waals surface area contributed by atoms with Crippen LogP contribution in [0.1, 0.15) is 90.1 Å². The van der Waals surface area contributed by atoms with Gasteiger partial charge in [0.05, 0.1) is 30.8 Å². The fourth-order valence-electron chi connectivity index (χ4n) is 5.25. The van der Waals surface area contributed by atoms with Gasteiger partial charge in [0.25, 0.3) is 0 Å². The highest BCUT2D eigenvalue weighted by atomic mass is 19.4. The fourth-order valence-corrected chi connectivity index (χ4v) is 5.25. The minimum atomic E-state index is -8.74. The molecular weight excluding hydrogens is 895 g/mol. The summed E-state index contributed by atoms with van der Waals surface area (Å²) < 4.78 is 244. The summed E-state index contributed by atoms with van der Waals surface area (Å²) in [6.07, 6.45) is -2.71. The van der Waals surface area contributed by atoms with Gasteiger partial charge in [-0.25, -0.2) is 9.59 Å². The number of ether oxygens (including phenoxy) is 3. The Kier molecular flexibility index (Phi) is 16.6. The maximum Gasteiger partial charge on any atom is 0.460 e. The Bertz CT molecular complexity index is 2040. The van der Waals surface area contributed by atoms with Crippen LogP contribution in [0.2, 0.25) is 0 Å². The number of hydrogen-bond donors (Lipinski definition) is 0. The molecule has 0 bridgehead atoms. The number of carbonyl (C=O) groups excluding carboxylic acids is 2. The number of unbranched alkanes of at least 4 members (excludes halogenated alkanes) is 6. The maximum atomic E-state index is 14.1. The number of alkyl halides is 17. The Morgan fingerprint density at radius 3 is 1.35 bits per heavy atom. The van der Waals surface area contributed by atoms with E-state index in [0.29, 0.717) is 23.5 Å². The van der Waals surface area contributed by atoms with Crippen molar-refractivity contribution in [1.82, 2.24) is 0 Å². The van der Waals surface area contributed by atoms with Gasteiger partial charge in [0.1, 0.15) is 11.5 Å². The van der Waals surface area contributed by atoms with E-state index >= 15 is 0 Å². The Hall–Kier alpha value is -5.23. The van der Waals surface area contributed by atoms with Crippen molar-refractivity contribution in [1.29, 1.82) is 0 Å². The number of rotatable bonds is 21. The van der Waals surface area contributed by atoms with Crippen molar-refractivity contribution in [2.24, 2.45) is 0 Å². The quantitative estimate of drug-likeness (QED) is 0.0350. The molecule has 63 heavy (non-hydrogen) atoms. The third-order valence-corrected chi connectivity index (χ3v) is 9.08. The van der Waals surface area contributed by atoms with E-state index in [2.05, 4.69) is 23.5 Å². The predicted molar refractivity (Wildman–Crippen MR) is 189 cm³/mol. The molecule has 348 valence electrons. The smallest absolute Gasteiger partial charge is 0.460 e. The van der Waals surface area contributed by atoms with Crippen molar-refractivity contribution in [3.05, 3.63) is 95.1 Å². The molecule has 0 aliphatic rings. The van der Waals surface area contributed by atoms with Gasteiger partial charge in [-0.2, -0.15) is 74.6 Å². The molecule has 0 aliphatic carbocycles. The van der Waals surface area contributed by atoms with Crippen molar-refractivity contribution < 1.29 is 98.4 Å². The van der Waals surface area contributed by atoms with E-state index in [-0.39, 0.29) is 11.3 Å². The highest BCUT2D eigenvalue weighted by Gasteiger charge is 2.95. The summed E-state index contributed by atoms with van der Waals surface area (Å²) >= 11 is 0. The third kappa shape index (κ3) is 11.5. The molecule has 5 nitrogen and oxygen atoms in total. The Balaban J connectivity index is 1.55. The van der Waals surface area contributed by atoms with Crippen LogP contribution in [-0.2, 0) is 4.74 Å². The number of hydrogen-bond acceptors (Lipinski definition) is 5. The lowest BCUT2D eigenvalue weighted by Gasteiger charge is -2.42. The summed E-state index contributed by atoms with van der Waals surface area (Å²) in [6.45, 7) is 0.651. The molecule has 3 aromatic rings. The summed E-state index contributed by atoms with van der Waals surface area (Å²) in [5.41, 5.74) is 0.581. The van der Waals surface area contributed by atoms with E-state index in [1.165, 1.54) is 56.4 Å². The minimum Gasteiger partial charge on any atom is -0.494 e. The summed E-state index contributed by atoms with van der Waals surface area (Å²) in [7, 11) is 0. The number of benzene rings is 3. The lowest BCUT2D eigenvalue weighted by Crippen LogP contribution is -2.74. The molecule has 0 N–H and O–H groups in total. The molecule has 3 rings (SSSR count). The van der Waals surface area contributed by atoms with Crippen molar-refractivity contribution >= 4 is 11.9 Å². The molecular formula is C41H35F17O5. The van der Waals surface area contributed by atoms with E-state index in [9.17, 15) is 84.2 Å². The fraction of sp³-hybridized carbons (Fsp3) is 0.463. The number of esters is 2. The predicted octanol–water partition coefficient (Wildman–Crippen LogP) is 13.0. The van der Waals surface area contributed by atoms with Crippen LogP contribution in [0.4, 0.5) is 74.6 Å². The average molecular weight is 931 g/mol. The zero-order valence-electron chi connectivity index (χ0n) is 32.5. The monoisotopic (exact) mass is 930 g/mol. The normalized spacial score (nSPS) is 13.2. The van der Waals surface area contributed by atoms with Gasteiger partial charge in [-0.15, -0.1) is 0 Å². The van der Waals surface area contributed by atoms with Crippen molar-refractivity contribution in [3.63, 3.8) is 0 Å². The van der Waals surface area contributed by atoms with Crippen LogP contribution in [0.25, 0.3) is 0 Å². The van der Waals surface area contributed by atoms with Crippen LogP contribution in [0.3, 0.4) is 0 Å². The van der Waals surface area contributed by atoms with Gasteiger partial charge in [-0.1, -0.05) is 57.3 Å². The summed E-state index contributed by atoms with van der Waals surface area (Å²) in [6, 6.07) is 16.3. The van der Waals surface area contributed by atoms with E-state index in [1.54, 1.807) is 24.3 Å². The van der Waals surface area contributed by atoms with Crippen LogP contribution < -0.4 is 9.47 Å². The highest BCUT2D eigenvalue weighted by molar-refractivity contribution is 5.92. The highest BCUT2D eigenvalue weighted by Crippen LogP contribution is 2.64. The van der Waals surface area contributed by atoms with Gasteiger partial charge in [-0.05, 0) is 79.2 Å². The van der Waals surface area contributed by atoms with Crippen LogP contribution in [-0.4, -0.2) is 72.8 Å². The summed E-state index contributed by atoms with van der Waals surface area (Å²) in [4.78, 5) is 24.8. The second-order valence-corrected chi connectivity index (χ2v) is 13.8. The molecule has 0 spiro atoms. The molecule has 3 aromatic carbocycles. The largest absolute Gasteiger partial charge is 0.494 e. The number of halogens is 17. The lowest BCUT2D eigenvalue weighted by atomic mass is 9.88. The van der Waals surface area contributed by atoms with Crippen LogP contribution in [0.5, 0.6) is 11.5 Å². The first-order valence-corrected chi connectivity index (χ1v) is 18.5. The van der Waals surface area contributed by atoms with E-state index in [4.69, 9.17) is 9.47 Å². The first-order chi connectivity index (χ1) is 29.0. The Morgan fingerprint density at radius 1 is 0.460 bits per heavy atom. The molecule has 0 amide bonds. The average Bonchev–Trinajstić information content (AvgIpc) is 3.21. The SMILES string of the molecule is CCCCCCCCCOc1ccc(C#Cc2ccc(C(=O)Oc3ccc(C(=O)OCCC(F)(F)C(F)(F)C(F)(F)C(F)(F)C(F)(F)C(F)(F)C(F)(F)C(F)(F)F)cc3)cc2)cc1. The van der Waals surface area contributed by atoms with E-state index in [1.807, 2.05) is 0 Å². The zero-order valence-corrected chi connectivity index (χ0v) is 32.5. The maximum absolute atomic E-state index is 14.1. The molecule has 0 aliphatic heterocycles. The minimum absolute atomic E-state index is 0.0178. The van der Waals surface area contributed by atoms with Gasteiger partial charge in [0.15, 0.2) is 0 Å². The second kappa shape index (κ2) is 20.1. The molecule has 0 saturated carbocycles. The van der Waals surface area contributed by atoms with E-state index in [0.717, 1.165) is 37.1 Å².